The molecule has 5 heteroatoms. The first-order chi connectivity index (χ1) is 9.84. The van der Waals surface area contributed by atoms with Gasteiger partial charge in [0, 0.05) is 25.6 Å². The Kier molecular flexibility index (Phi) is 4.18. The normalized spacial score (nSPS) is 26.5. The number of rotatable bonds is 2. The predicted octanol–water partition coefficient (Wildman–Crippen LogP) is 1.57. The number of benzene rings is 1. The second kappa shape index (κ2) is 6.24. The second-order valence-corrected chi connectivity index (χ2v) is 5.09. The Bertz CT molecular complexity index is 446. The highest BCUT2D eigenvalue weighted by Gasteiger charge is 2.33. The molecule has 1 amide bonds. The summed E-state index contributed by atoms with van der Waals surface area (Å²) in [6.45, 7) is 3.11. The third-order valence-electron chi connectivity index (χ3n) is 3.81. The van der Waals surface area contributed by atoms with E-state index in [0.717, 1.165) is 13.0 Å². The van der Waals surface area contributed by atoms with Crippen molar-refractivity contribution in [1.29, 1.82) is 0 Å². The van der Waals surface area contributed by atoms with Crippen LogP contribution in [0.5, 0.6) is 0 Å². The summed E-state index contributed by atoms with van der Waals surface area (Å²) in [7, 11) is 0. The average molecular weight is 275 g/mol. The summed E-state index contributed by atoms with van der Waals surface area (Å²) in [5.41, 5.74) is 1.19. The van der Waals surface area contributed by atoms with E-state index in [1.165, 1.54) is 5.56 Å². The van der Waals surface area contributed by atoms with Crippen LogP contribution in [0.2, 0.25) is 0 Å². The number of amides is 1. The maximum absolute atomic E-state index is 12.1. The number of ether oxygens (including phenoxy) is 2. The monoisotopic (exact) mass is 275 g/mol. The van der Waals surface area contributed by atoms with Crippen molar-refractivity contribution in [1.82, 2.24) is 10.2 Å². The van der Waals surface area contributed by atoms with Crippen molar-refractivity contribution >= 4 is 6.09 Å². The van der Waals surface area contributed by atoms with Gasteiger partial charge in [-0.05, 0) is 12.0 Å². The fraction of sp³-hybridized carbons (Fsp3) is 0.533. The molecular formula is C15H19N2O3. The van der Waals surface area contributed by atoms with Crippen LogP contribution in [0.1, 0.15) is 17.9 Å². The zero-order valence-electron chi connectivity index (χ0n) is 11.4. The lowest BCUT2D eigenvalue weighted by Crippen LogP contribution is -2.43. The summed E-state index contributed by atoms with van der Waals surface area (Å²) >= 11 is 0. The standard InChI is InChI=1S/C15H19N2O3/c18-15(17-8-10-19-11-9-17)20-14-13(6-7-16-14)12-4-2-1-3-5-12/h1-5,13-14H,6-11H2/t13-,14+/m1/s1. The van der Waals surface area contributed by atoms with E-state index >= 15 is 0 Å². The molecule has 0 aliphatic carbocycles. The van der Waals surface area contributed by atoms with Crippen LogP contribution in [0.25, 0.3) is 0 Å². The van der Waals surface area contributed by atoms with Crippen molar-refractivity contribution < 1.29 is 14.3 Å². The number of hydrogen-bond acceptors (Lipinski definition) is 3. The largest absolute Gasteiger partial charge is 0.428 e. The summed E-state index contributed by atoms with van der Waals surface area (Å²) < 4.78 is 10.8. The van der Waals surface area contributed by atoms with Gasteiger partial charge in [0.1, 0.15) is 0 Å². The maximum atomic E-state index is 12.1. The van der Waals surface area contributed by atoms with E-state index in [4.69, 9.17) is 9.47 Å². The molecule has 2 aliphatic rings. The molecule has 1 aromatic rings. The number of hydrogen-bond donors (Lipinski definition) is 0. The Morgan fingerprint density at radius 1 is 1.25 bits per heavy atom. The van der Waals surface area contributed by atoms with E-state index in [2.05, 4.69) is 17.4 Å². The first kappa shape index (κ1) is 13.4. The van der Waals surface area contributed by atoms with Crippen LogP contribution in [-0.2, 0) is 9.47 Å². The molecule has 107 valence electrons. The average Bonchev–Trinajstić information content (AvgIpc) is 2.97. The van der Waals surface area contributed by atoms with Crippen molar-refractivity contribution in [2.45, 2.75) is 18.6 Å². The van der Waals surface area contributed by atoms with Crippen molar-refractivity contribution in [2.75, 3.05) is 32.8 Å². The molecule has 0 aromatic heterocycles. The molecular weight excluding hydrogens is 256 g/mol. The summed E-state index contributed by atoms with van der Waals surface area (Å²) in [5, 5.41) is 4.43. The van der Waals surface area contributed by atoms with E-state index in [1.54, 1.807) is 4.90 Å². The van der Waals surface area contributed by atoms with Crippen LogP contribution in [0.3, 0.4) is 0 Å². The van der Waals surface area contributed by atoms with Gasteiger partial charge in [0.25, 0.3) is 0 Å². The third-order valence-corrected chi connectivity index (χ3v) is 3.81. The highest BCUT2D eigenvalue weighted by Crippen LogP contribution is 2.29. The summed E-state index contributed by atoms with van der Waals surface area (Å²) in [4.78, 5) is 13.8. The van der Waals surface area contributed by atoms with E-state index in [9.17, 15) is 4.79 Å². The van der Waals surface area contributed by atoms with Gasteiger partial charge < -0.3 is 14.4 Å². The molecule has 0 N–H and O–H groups in total. The highest BCUT2D eigenvalue weighted by atomic mass is 16.6. The lowest BCUT2D eigenvalue weighted by Gasteiger charge is -2.28. The quantitative estimate of drug-likeness (QED) is 0.823. The van der Waals surface area contributed by atoms with E-state index in [-0.39, 0.29) is 18.2 Å². The molecule has 2 fully saturated rings. The zero-order valence-corrected chi connectivity index (χ0v) is 11.4. The summed E-state index contributed by atoms with van der Waals surface area (Å²) in [6.07, 6.45) is 0.308. The predicted molar refractivity (Wildman–Crippen MR) is 73.5 cm³/mol. The molecule has 0 unspecified atom stereocenters. The first-order valence-electron chi connectivity index (χ1n) is 7.09. The first-order valence-corrected chi connectivity index (χ1v) is 7.09. The van der Waals surface area contributed by atoms with E-state index < -0.39 is 0 Å². The molecule has 1 aromatic carbocycles. The van der Waals surface area contributed by atoms with Gasteiger partial charge >= 0.3 is 6.09 Å². The Hall–Kier alpha value is -1.59. The van der Waals surface area contributed by atoms with Gasteiger partial charge in [-0.1, -0.05) is 30.3 Å². The second-order valence-electron chi connectivity index (χ2n) is 5.09. The molecule has 2 saturated heterocycles. The Balaban J connectivity index is 1.62. The minimum Gasteiger partial charge on any atom is -0.428 e. The van der Waals surface area contributed by atoms with Gasteiger partial charge in [-0.2, -0.15) is 5.32 Å². The van der Waals surface area contributed by atoms with Crippen LogP contribution in [0, 0.1) is 0 Å². The Morgan fingerprint density at radius 2 is 2.00 bits per heavy atom. The SMILES string of the molecule is O=C(O[C@@H]1[N]CC[C@@H]1c1ccccc1)N1CCOCC1. The van der Waals surface area contributed by atoms with E-state index in [0.29, 0.717) is 26.3 Å². The minimum absolute atomic E-state index is 0.182. The van der Waals surface area contributed by atoms with Crippen molar-refractivity contribution in [3.05, 3.63) is 35.9 Å². The molecule has 0 bridgehead atoms. The van der Waals surface area contributed by atoms with Gasteiger partial charge in [-0.25, -0.2) is 4.79 Å². The molecule has 20 heavy (non-hydrogen) atoms. The van der Waals surface area contributed by atoms with E-state index in [1.807, 2.05) is 18.2 Å². The molecule has 3 rings (SSSR count). The smallest absolute Gasteiger partial charge is 0.411 e. The zero-order chi connectivity index (χ0) is 13.8. The van der Waals surface area contributed by atoms with Crippen molar-refractivity contribution in [3.63, 3.8) is 0 Å². The lowest BCUT2D eigenvalue weighted by atomic mass is 9.97. The topological polar surface area (TPSA) is 52.9 Å². The van der Waals surface area contributed by atoms with Gasteiger partial charge in [0.15, 0.2) is 6.23 Å². The minimum atomic E-state index is -0.354. The Morgan fingerprint density at radius 3 is 2.75 bits per heavy atom. The fourth-order valence-electron chi connectivity index (χ4n) is 2.69. The van der Waals surface area contributed by atoms with Crippen LogP contribution < -0.4 is 5.32 Å². The molecule has 0 spiro atoms. The van der Waals surface area contributed by atoms with Crippen LogP contribution >= 0.6 is 0 Å². The molecule has 2 atom stereocenters. The maximum Gasteiger partial charge on any atom is 0.411 e. The Labute approximate surface area is 118 Å². The van der Waals surface area contributed by atoms with Crippen molar-refractivity contribution in [2.24, 2.45) is 0 Å². The number of carbonyl (C=O) groups excluding carboxylic acids is 1. The molecule has 5 nitrogen and oxygen atoms in total. The van der Waals surface area contributed by atoms with Crippen molar-refractivity contribution in [3.8, 4) is 0 Å². The third kappa shape index (κ3) is 2.94. The fourth-order valence-corrected chi connectivity index (χ4v) is 2.69. The number of morpholine rings is 1. The summed E-state index contributed by atoms with van der Waals surface area (Å²) in [6, 6.07) is 10.1. The van der Waals surface area contributed by atoms with Gasteiger partial charge in [0.05, 0.1) is 13.2 Å². The van der Waals surface area contributed by atoms with Crippen LogP contribution in [-0.4, -0.2) is 50.1 Å². The van der Waals surface area contributed by atoms with Gasteiger partial charge in [-0.3, -0.25) is 0 Å². The summed E-state index contributed by atoms with van der Waals surface area (Å²) in [5.74, 6) is 0.182. The van der Waals surface area contributed by atoms with Crippen LogP contribution in [0.4, 0.5) is 4.79 Å². The molecule has 1 radical (unpaired) electrons. The molecule has 0 saturated carbocycles. The number of carbonyl (C=O) groups is 1. The molecule has 2 heterocycles. The van der Waals surface area contributed by atoms with Gasteiger partial charge in [0.2, 0.25) is 0 Å². The van der Waals surface area contributed by atoms with Gasteiger partial charge in [-0.15, -0.1) is 0 Å². The van der Waals surface area contributed by atoms with Crippen LogP contribution in [0.15, 0.2) is 30.3 Å². The number of nitrogens with zero attached hydrogens (tertiary/aromatic N) is 2. The highest BCUT2D eigenvalue weighted by molar-refractivity contribution is 5.68. The lowest BCUT2D eigenvalue weighted by molar-refractivity contribution is 0.00577. The molecule has 2 aliphatic heterocycles.